The second-order valence-corrected chi connectivity index (χ2v) is 7.04. The third-order valence-corrected chi connectivity index (χ3v) is 4.92. The van der Waals surface area contributed by atoms with Gasteiger partial charge in [0.1, 0.15) is 5.82 Å². The van der Waals surface area contributed by atoms with E-state index < -0.39 is 5.82 Å². The summed E-state index contributed by atoms with van der Waals surface area (Å²) in [7, 11) is 0. The molecule has 26 heavy (non-hydrogen) atoms. The summed E-state index contributed by atoms with van der Waals surface area (Å²) in [6.07, 6.45) is 6.81. The van der Waals surface area contributed by atoms with Crippen LogP contribution in [0, 0.1) is 5.82 Å². The highest BCUT2D eigenvalue weighted by molar-refractivity contribution is 6.38. The molecule has 0 unspecified atom stereocenters. The molecule has 0 saturated heterocycles. The number of pyridine rings is 1. The number of aromatic nitrogens is 1. The van der Waals surface area contributed by atoms with Crippen LogP contribution in [0.4, 0.5) is 20.6 Å². The van der Waals surface area contributed by atoms with Crippen molar-refractivity contribution in [2.75, 3.05) is 10.6 Å². The molecule has 8 heteroatoms. The number of anilines is 2. The smallest absolute Gasteiger partial charge is 0.319 e. The monoisotopic (exact) mass is 396 g/mol. The largest absolute Gasteiger partial charge is 0.378 e. The van der Waals surface area contributed by atoms with E-state index in [2.05, 4.69) is 20.9 Å². The highest BCUT2D eigenvalue weighted by Gasteiger charge is 2.27. The molecule has 1 aliphatic rings. The molecule has 1 fully saturated rings. The molecule has 1 aliphatic carbocycles. The quantitative estimate of drug-likeness (QED) is 0.675. The van der Waals surface area contributed by atoms with Crippen molar-refractivity contribution in [1.29, 1.82) is 0 Å². The van der Waals surface area contributed by atoms with Crippen LogP contribution in [0.1, 0.15) is 25.7 Å². The summed E-state index contributed by atoms with van der Waals surface area (Å²) in [5.74, 6) is -0.401. The van der Waals surface area contributed by atoms with Crippen molar-refractivity contribution >= 4 is 40.6 Å². The van der Waals surface area contributed by atoms with Gasteiger partial charge in [0.25, 0.3) is 0 Å². The van der Waals surface area contributed by atoms with E-state index in [1.165, 1.54) is 24.5 Å². The predicted octanol–water partition coefficient (Wildman–Crippen LogP) is 5.07. The van der Waals surface area contributed by atoms with Gasteiger partial charge in [0.15, 0.2) is 0 Å². The number of rotatable bonds is 4. The van der Waals surface area contributed by atoms with Crippen LogP contribution in [0.5, 0.6) is 0 Å². The van der Waals surface area contributed by atoms with Gasteiger partial charge in [-0.2, -0.15) is 0 Å². The minimum atomic E-state index is -0.401. The molecule has 0 bridgehead atoms. The maximum absolute atomic E-state index is 13.2. The number of nitrogens with zero attached hydrogens (tertiary/aromatic N) is 1. The van der Waals surface area contributed by atoms with Gasteiger partial charge in [0.2, 0.25) is 0 Å². The molecule has 3 rings (SSSR count). The molecule has 2 amide bonds. The maximum Gasteiger partial charge on any atom is 0.319 e. The van der Waals surface area contributed by atoms with E-state index in [1.807, 2.05) is 0 Å². The van der Waals surface area contributed by atoms with Gasteiger partial charge >= 0.3 is 6.03 Å². The number of benzene rings is 1. The number of amides is 2. The van der Waals surface area contributed by atoms with Crippen LogP contribution < -0.4 is 16.0 Å². The molecule has 2 atom stereocenters. The van der Waals surface area contributed by atoms with Crippen LogP contribution in [0.2, 0.25) is 10.0 Å². The number of hydrogen-bond donors (Lipinski definition) is 3. The zero-order chi connectivity index (χ0) is 18.5. The molecule has 138 valence electrons. The van der Waals surface area contributed by atoms with Crippen LogP contribution in [0.3, 0.4) is 0 Å². The molecule has 1 aromatic carbocycles. The van der Waals surface area contributed by atoms with Crippen LogP contribution in [0.25, 0.3) is 0 Å². The predicted molar refractivity (Wildman–Crippen MR) is 102 cm³/mol. The van der Waals surface area contributed by atoms with Crippen LogP contribution >= 0.6 is 23.2 Å². The molecular weight excluding hydrogens is 378 g/mol. The highest BCUT2D eigenvalue weighted by Crippen LogP contribution is 2.32. The molecule has 1 heterocycles. The van der Waals surface area contributed by atoms with Crippen molar-refractivity contribution in [3.05, 3.63) is 52.5 Å². The first-order chi connectivity index (χ1) is 12.5. The summed E-state index contributed by atoms with van der Waals surface area (Å²) >= 11 is 12.4. The number of carbonyl (C=O) groups excluding carboxylic acids is 1. The van der Waals surface area contributed by atoms with Crippen LogP contribution in [0.15, 0.2) is 36.7 Å². The van der Waals surface area contributed by atoms with Crippen molar-refractivity contribution in [2.24, 2.45) is 0 Å². The lowest BCUT2D eigenvalue weighted by atomic mass is 9.90. The lowest BCUT2D eigenvalue weighted by Gasteiger charge is -2.33. The Morgan fingerprint density at radius 3 is 2.50 bits per heavy atom. The first-order valence-corrected chi connectivity index (χ1v) is 9.17. The molecular formula is C18H19Cl2FN4O. The normalized spacial score (nSPS) is 19.7. The summed E-state index contributed by atoms with van der Waals surface area (Å²) < 4.78 is 13.2. The molecule has 2 aromatic rings. The summed E-state index contributed by atoms with van der Waals surface area (Å²) in [6.45, 7) is 0. The second kappa shape index (κ2) is 8.56. The fourth-order valence-corrected chi connectivity index (χ4v) is 3.59. The average Bonchev–Trinajstić information content (AvgIpc) is 2.59. The Balaban J connectivity index is 1.66. The lowest BCUT2D eigenvalue weighted by Crippen LogP contribution is -2.49. The van der Waals surface area contributed by atoms with E-state index in [9.17, 15) is 9.18 Å². The van der Waals surface area contributed by atoms with Gasteiger partial charge in [-0.05, 0) is 31.0 Å². The lowest BCUT2D eigenvalue weighted by molar-refractivity contribution is 0.242. The number of carbonyl (C=O) groups is 1. The van der Waals surface area contributed by atoms with Gasteiger partial charge in [-0.15, -0.1) is 0 Å². The second-order valence-electron chi connectivity index (χ2n) is 6.23. The Morgan fingerprint density at radius 1 is 1.12 bits per heavy atom. The Labute approximate surface area is 161 Å². The summed E-state index contributed by atoms with van der Waals surface area (Å²) in [5.41, 5.74) is 1.02. The van der Waals surface area contributed by atoms with Crippen LogP contribution in [-0.2, 0) is 0 Å². The fraction of sp³-hybridized carbons (Fsp3) is 0.333. The molecule has 5 nitrogen and oxygen atoms in total. The van der Waals surface area contributed by atoms with Crippen LogP contribution in [-0.4, -0.2) is 23.1 Å². The van der Waals surface area contributed by atoms with E-state index in [0.717, 1.165) is 25.7 Å². The van der Waals surface area contributed by atoms with E-state index in [1.54, 1.807) is 12.1 Å². The van der Waals surface area contributed by atoms with Crippen molar-refractivity contribution < 1.29 is 9.18 Å². The van der Waals surface area contributed by atoms with Crippen molar-refractivity contribution in [3.8, 4) is 0 Å². The van der Waals surface area contributed by atoms with E-state index in [4.69, 9.17) is 23.2 Å². The minimum absolute atomic E-state index is 0.0144. The summed E-state index contributed by atoms with van der Waals surface area (Å²) in [5, 5.41) is 9.83. The zero-order valence-corrected chi connectivity index (χ0v) is 15.4. The molecule has 0 aliphatic heterocycles. The van der Waals surface area contributed by atoms with Gasteiger partial charge < -0.3 is 16.0 Å². The van der Waals surface area contributed by atoms with Gasteiger partial charge in [-0.25, -0.2) is 9.18 Å². The first-order valence-electron chi connectivity index (χ1n) is 8.41. The summed E-state index contributed by atoms with van der Waals surface area (Å²) in [4.78, 5) is 16.2. The fourth-order valence-electron chi connectivity index (χ4n) is 3.11. The van der Waals surface area contributed by atoms with Crippen molar-refractivity contribution in [2.45, 2.75) is 37.8 Å². The van der Waals surface area contributed by atoms with Gasteiger partial charge in [-0.3, -0.25) is 4.98 Å². The standard InChI is InChI=1S/C18H19Cl2FN4O/c19-13-9-22-10-14(20)17(13)24-15-6-1-2-7-16(15)25-18(26)23-12-5-3-4-11(21)8-12/h3-5,8-10,15-16H,1-2,6-7H2,(H,22,24)(H2,23,25,26)/t15-,16-/m1/s1. The topological polar surface area (TPSA) is 66.1 Å². The third-order valence-electron chi connectivity index (χ3n) is 4.35. The zero-order valence-electron chi connectivity index (χ0n) is 13.9. The Morgan fingerprint density at radius 2 is 1.81 bits per heavy atom. The van der Waals surface area contributed by atoms with Gasteiger partial charge in [0, 0.05) is 24.1 Å². The van der Waals surface area contributed by atoms with E-state index in [0.29, 0.717) is 21.4 Å². The molecule has 0 spiro atoms. The maximum atomic E-state index is 13.2. The molecule has 0 radical (unpaired) electrons. The summed E-state index contributed by atoms with van der Waals surface area (Å²) in [6, 6.07) is 5.29. The average molecular weight is 397 g/mol. The van der Waals surface area contributed by atoms with Gasteiger partial charge in [-0.1, -0.05) is 42.1 Å². The minimum Gasteiger partial charge on any atom is -0.378 e. The van der Waals surface area contributed by atoms with E-state index in [-0.39, 0.29) is 18.1 Å². The third kappa shape index (κ3) is 4.77. The first kappa shape index (κ1) is 18.7. The molecule has 3 N–H and O–H groups in total. The SMILES string of the molecule is O=C(Nc1cccc(F)c1)N[C@@H]1CCCC[C@H]1Nc1c(Cl)cncc1Cl. The van der Waals surface area contributed by atoms with Crippen molar-refractivity contribution in [1.82, 2.24) is 10.3 Å². The molecule has 1 aromatic heterocycles. The Hall–Kier alpha value is -2.05. The Bertz CT molecular complexity index is 769. The Kier molecular flexibility index (Phi) is 6.16. The number of halogens is 3. The highest BCUT2D eigenvalue weighted by atomic mass is 35.5. The van der Waals surface area contributed by atoms with E-state index >= 15 is 0 Å². The van der Waals surface area contributed by atoms with Gasteiger partial charge in [0.05, 0.1) is 21.8 Å². The number of nitrogens with one attached hydrogen (secondary N) is 3. The number of urea groups is 1. The number of hydrogen-bond acceptors (Lipinski definition) is 3. The molecule has 1 saturated carbocycles. The van der Waals surface area contributed by atoms with Crippen molar-refractivity contribution in [3.63, 3.8) is 0 Å².